The summed E-state index contributed by atoms with van der Waals surface area (Å²) in [6.45, 7) is 0.887. The van der Waals surface area contributed by atoms with Gasteiger partial charge in [-0.15, -0.1) is 0 Å². The fourth-order valence-electron chi connectivity index (χ4n) is 4.71. The predicted octanol–water partition coefficient (Wildman–Crippen LogP) is 3.88. The van der Waals surface area contributed by atoms with Gasteiger partial charge < -0.3 is 5.32 Å². The first kappa shape index (κ1) is 13.9. The Morgan fingerprint density at radius 3 is 2.58 bits per heavy atom. The molecule has 0 radical (unpaired) electrons. The van der Waals surface area contributed by atoms with Crippen LogP contribution in [-0.4, -0.2) is 17.8 Å². The number of nitrogens with one attached hydrogen (secondary N) is 1. The number of carbonyl (C=O) groups excluding carboxylic acids is 1. The van der Waals surface area contributed by atoms with Crippen LogP contribution in [0.4, 0.5) is 0 Å². The molecule has 0 aromatic heterocycles. The molecule has 3 unspecified atom stereocenters. The molecule has 0 aromatic carbocycles. The van der Waals surface area contributed by atoms with Gasteiger partial charge in [0.1, 0.15) is 0 Å². The van der Waals surface area contributed by atoms with Gasteiger partial charge in [-0.2, -0.15) is 0 Å². The standard InChI is InChI=1S/C16H26BrNO/c17-10-16(5-1-2-6-16)11-18-15(19)9-14-8-12-3-4-13(14)7-12/h12-14H,1-11H2,(H,18,19). The number of hydrogen-bond acceptors (Lipinski definition) is 1. The molecule has 0 saturated heterocycles. The summed E-state index contributed by atoms with van der Waals surface area (Å²) in [6.07, 6.45) is 11.5. The summed E-state index contributed by atoms with van der Waals surface area (Å²) < 4.78 is 0. The van der Waals surface area contributed by atoms with Crippen molar-refractivity contribution in [3.05, 3.63) is 0 Å². The summed E-state index contributed by atoms with van der Waals surface area (Å²) >= 11 is 3.65. The Morgan fingerprint density at radius 2 is 2.00 bits per heavy atom. The van der Waals surface area contributed by atoms with Crippen LogP contribution in [0.25, 0.3) is 0 Å². The summed E-state index contributed by atoms with van der Waals surface area (Å²) in [4.78, 5) is 12.2. The first-order valence-corrected chi connectivity index (χ1v) is 9.16. The van der Waals surface area contributed by atoms with E-state index in [9.17, 15) is 4.79 Å². The molecule has 19 heavy (non-hydrogen) atoms. The minimum atomic E-state index is 0.310. The molecule has 1 amide bonds. The Labute approximate surface area is 125 Å². The Balaban J connectivity index is 1.44. The lowest BCUT2D eigenvalue weighted by atomic mass is 9.85. The van der Waals surface area contributed by atoms with Gasteiger partial charge in [-0.25, -0.2) is 0 Å². The first-order chi connectivity index (χ1) is 9.21. The Bertz CT molecular complexity index is 338. The molecule has 3 saturated carbocycles. The lowest BCUT2D eigenvalue weighted by Gasteiger charge is -2.27. The van der Waals surface area contributed by atoms with Gasteiger partial charge in [-0.1, -0.05) is 35.2 Å². The highest BCUT2D eigenvalue weighted by atomic mass is 79.9. The van der Waals surface area contributed by atoms with E-state index in [-0.39, 0.29) is 0 Å². The molecule has 3 aliphatic rings. The molecule has 1 N–H and O–H groups in total. The van der Waals surface area contributed by atoms with E-state index in [0.717, 1.165) is 30.1 Å². The second kappa shape index (κ2) is 5.75. The van der Waals surface area contributed by atoms with E-state index in [1.165, 1.54) is 51.4 Å². The van der Waals surface area contributed by atoms with Crippen LogP contribution >= 0.6 is 15.9 Å². The zero-order valence-corrected chi connectivity index (χ0v) is 13.4. The molecular formula is C16H26BrNO. The molecule has 3 rings (SSSR count). The molecule has 3 heteroatoms. The van der Waals surface area contributed by atoms with E-state index in [0.29, 0.717) is 17.2 Å². The monoisotopic (exact) mass is 327 g/mol. The van der Waals surface area contributed by atoms with E-state index >= 15 is 0 Å². The third kappa shape index (κ3) is 3.01. The quantitative estimate of drug-likeness (QED) is 0.763. The molecule has 0 aromatic rings. The van der Waals surface area contributed by atoms with Crippen LogP contribution in [0.15, 0.2) is 0 Å². The second-order valence-corrected chi connectivity index (χ2v) is 7.82. The Hall–Kier alpha value is -0.0500. The molecule has 108 valence electrons. The van der Waals surface area contributed by atoms with Gasteiger partial charge in [0.2, 0.25) is 5.91 Å². The van der Waals surface area contributed by atoms with E-state index in [4.69, 9.17) is 0 Å². The molecule has 2 bridgehead atoms. The van der Waals surface area contributed by atoms with Crippen LogP contribution in [0.5, 0.6) is 0 Å². The van der Waals surface area contributed by atoms with Crippen molar-refractivity contribution in [2.75, 3.05) is 11.9 Å². The van der Waals surface area contributed by atoms with E-state index in [1.807, 2.05) is 0 Å². The van der Waals surface area contributed by atoms with Crippen molar-refractivity contribution in [2.45, 2.75) is 57.8 Å². The first-order valence-electron chi connectivity index (χ1n) is 8.03. The minimum Gasteiger partial charge on any atom is -0.356 e. The van der Waals surface area contributed by atoms with Crippen molar-refractivity contribution in [3.63, 3.8) is 0 Å². The maximum absolute atomic E-state index is 12.2. The van der Waals surface area contributed by atoms with Gasteiger partial charge in [0, 0.05) is 18.3 Å². The largest absolute Gasteiger partial charge is 0.356 e. The Kier molecular flexibility index (Phi) is 4.21. The van der Waals surface area contributed by atoms with Crippen molar-refractivity contribution in [2.24, 2.45) is 23.2 Å². The van der Waals surface area contributed by atoms with Gasteiger partial charge in [-0.3, -0.25) is 4.79 Å². The van der Waals surface area contributed by atoms with Crippen LogP contribution in [0.2, 0.25) is 0 Å². The fourth-order valence-corrected chi connectivity index (χ4v) is 5.46. The Morgan fingerprint density at radius 1 is 1.21 bits per heavy atom. The lowest BCUT2D eigenvalue weighted by Crippen LogP contribution is -2.38. The van der Waals surface area contributed by atoms with Crippen molar-refractivity contribution < 1.29 is 4.79 Å². The van der Waals surface area contributed by atoms with Crippen molar-refractivity contribution >= 4 is 21.8 Å². The fraction of sp³-hybridized carbons (Fsp3) is 0.938. The van der Waals surface area contributed by atoms with Crippen molar-refractivity contribution in [1.29, 1.82) is 0 Å². The summed E-state index contributed by atoms with van der Waals surface area (Å²) in [6, 6.07) is 0. The molecular weight excluding hydrogens is 302 g/mol. The predicted molar refractivity (Wildman–Crippen MR) is 81.3 cm³/mol. The van der Waals surface area contributed by atoms with E-state index in [1.54, 1.807) is 0 Å². The van der Waals surface area contributed by atoms with Crippen LogP contribution in [0, 0.1) is 23.2 Å². The molecule has 0 spiro atoms. The number of halogens is 1. The highest BCUT2D eigenvalue weighted by Gasteiger charge is 2.40. The average Bonchev–Trinajstić information content (AvgIpc) is 3.13. The van der Waals surface area contributed by atoms with E-state index < -0.39 is 0 Å². The van der Waals surface area contributed by atoms with Crippen molar-refractivity contribution in [3.8, 4) is 0 Å². The molecule has 3 fully saturated rings. The number of carbonyl (C=O) groups is 1. The summed E-state index contributed by atoms with van der Waals surface area (Å²) in [5.74, 6) is 2.82. The maximum Gasteiger partial charge on any atom is 0.220 e. The van der Waals surface area contributed by atoms with Gasteiger partial charge in [0.15, 0.2) is 0 Å². The maximum atomic E-state index is 12.2. The number of hydrogen-bond donors (Lipinski definition) is 1. The van der Waals surface area contributed by atoms with Crippen LogP contribution in [0.3, 0.4) is 0 Å². The summed E-state index contributed by atoms with van der Waals surface area (Å²) in [5, 5.41) is 4.27. The van der Waals surface area contributed by atoms with Gasteiger partial charge in [0.25, 0.3) is 0 Å². The summed E-state index contributed by atoms with van der Waals surface area (Å²) in [7, 11) is 0. The van der Waals surface area contributed by atoms with Crippen LogP contribution in [-0.2, 0) is 4.79 Å². The topological polar surface area (TPSA) is 29.1 Å². The lowest BCUT2D eigenvalue weighted by molar-refractivity contribution is -0.122. The third-order valence-electron chi connectivity index (χ3n) is 5.94. The van der Waals surface area contributed by atoms with Gasteiger partial charge >= 0.3 is 0 Å². The highest BCUT2D eigenvalue weighted by Crippen LogP contribution is 2.49. The number of rotatable bonds is 5. The van der Waals surface area contributed by atoms with Gasteiger partial charge in [0.05, 0.1) is 0 Å². The SMILES string of the molecule is O=C(CC1CC2CCC1C2)NCC1(CBr)CCCC1. The smallest absolute Gasteiger partial charge is 0.220 e. The number of alkyl halides is 1. The summed E-state index contributed by atoms with van der Waals surface area (Å²) in [5.41, 5.74) is 0.352. The molecule has 3 aliphatic carbocycles. The number of amides is 1. The number of fused-ring (bicyclic) bond motifs is 2. The molecule has 0 aliphatic heterocycles. The molecule has 3 atom stereocenters. The average molecular weight is 328 g/mol. The zero-order chi connectivity index (χ0) is 13.3. The van der Waals surface area contributed by atoms with Gasteiger partial charge in [-0.05, 0) is 55.3 Å². The highest BCUT2D eigenvalue weighted by molar-refractivity contribution is 9.09. The molecule has 0 heterocycles. The van der Waals surface area contributed by atoms with Crippen LogP contribution < -0.4 is 5.32 Å². The normalized spacial score (nSPS) is 35.7. The zero-order valence-electron chi connectivity index (χ0n) is 11.8. The third-order valence-corrected chi connectivity index (χ3v) is 7.13. The minimum absolute atomic E-state index is 0.310. The van der Waals surface area contributed by atoms with E-state index in [2.05, 4.69) is 21.2 Å². The molecule has 2 nitrogen and oxygen atoms in total. The van der Waals surface area contributed by atoms with Crippen LogP contribution in [0.1, 0.15) is 57.8 Å². The second-order valence-electron chi connectivity index (χ2n) is 7.26. The van der Waals surface area contributed by atoms with Crippen molar-refractivity contribution in [1.82, 2.24) is 5.32 Å².